The number of hydrogen-bond acceptors (Lipinski definition) is 5. The van der Waals surface area contributed by atoms with Crippen molar-refractivity contribution in [1.29, 1.82) is 0 Å². The number of carbonyl (C=O) groups excluding carboxylic acids is 1. The Kier molecular flexibility index (Phi) is 5.07. The van der Waals surface area contributed by atoms with Crippen LogP contribution in [0.15, 0.2) is 34.3 Å². The molecular weight excluding hydrogens is 423 g/mol. The number of allylic oxidation sites excluding steroid dienone is 2. The van der Waals surface area contributed by atoms with Crippen LogP contribution in [0.4, 0.5) is 11.8 Å². The van der Waals surface area contributed by atoms with Gasteiger partial charge in [0.15, 0.2) is 5.78 Å². The molecule has 1 atom stereocenters. The van der Waals surface area contributed by atoms with E-state index < -0.39 is 5.92 Å². The van der Waals surface area contributed by atoms with Gasteiger partial charge in [-0.1, -0.05) is 29.3 Å². The number of halogens is 2. The summed E-state index contributed by atoms with van der Waals surface area (Å²) >= 11 is 12.6. The molecule has 0 spiro atoms. The van der Waals surface area contributed by atoms with Crippen LogP contribution in [-0.4, -0.2) is 28.8 Å². The second-order valence-corrected chi connectivity index (χ2v) is 8.94. The van der Waals surface area contributed by atoms with E-state index in [1.165, 1.54) is 6.42 Å². The van der Waals surface area contributed by atoms with Crippen LogP contribution in [0.25, 0.3) is 0 Å². The van der Waals surface area contributed by atoms with Crippen LogP contribution < -0.4 is 15.8 Å². The maximum absolute atomic E-state index is 13.3. The molecule has 1 aliphatic carbocycles. The Balaban J connectivity index is 1.69. The third-order valence-corrected chi connectivity index (χ3v) is 6.74. The molecule has 5 rings (SSSR count). The van der Waals surface area contributed by atoms with Gasteiger partial charge in [0, 0.05) is 46.7 Å². The first kappa shape index (κ1) is 19.6. The topological polar surface area (TPSA) is 78.1 Å². The molecule has 3 heterocycles. The number of carbonyl (C=O) groups is 1. The monoisotopic (exact) mass is 444 g/mol. The molecule has 156 valence electrons. The average molecular weight is 445 g/mol. The first-order valence-corrected chi connectivity index (χ1v) is 11.2. The molecule has 30 heavy (non-hydrogen) atoms. The molecule has 2 aliphatic heterocycles. The molecule has 0 radical (unpaired) electrons. The quantitative estimate of drug-likeness (QED) is 0.705. The highest BCUT2D eigenvalue weighted by Gasteiger charge is 2.39. The first-order valence-electron chi connectivity index (χ1n) is 10.4. The Morgan fingerprint density at radius 3 is 2.60 bits per heavy atom. The molecule has 8 heteroatoms. The van der Waals surface area contributed by atoms with Gasteiger partial charge in [0.2, 0.25) is 5.95 Å². The summed E-state index contributed by atoms with van der Waals surface area (Å²) in [6.07, 6.45) is 5.36. The molecular formula is C22H22Cl2N4O2. The number of nitrogens with one attached hydrogen (secondary N) is 2. The van der Waals surface area contributed by atoms with Crippen LogP contribution in [0, 0.1) is 0 Å². The zero-order chi connectivity index (χ0) is 20.8. The van der Waals surface area contributed by atoms with E-state index in [-0.39, 0.29) is 11.3 Å². The van der Waals surface area contributed by atoms with Gasteiger partial charge in [0.25, 0.3) is 5.56 Å². The van der Waals surface area contributed by atoms with Gasteiger partial charge in [-0.05, 0) is 49.8 Å². The number of rotatable bonds is 2. The van der Waals surface area contributed by atoms with E-state index in [1.807, 2.05) is 0 Å². The molecule has 0 amide bonds. The Morgan fingerprint density at radius 1 is 1.03 bits per heavy atom. The lowest BCUT2D eigenvalue weighted by Crippen LogP contribution is -2.36. The highest BCUT2D eigenvalue weighted by molar-refractivity contribution is 6.35. The fourth-order valence-corrected chi connectivity index (χ4v) is 5.27. The Hall–Kier alpha value is -2.31. The number of aromatic nitrogens is 2. The summed E-state index contributed by atoms with van der Waals surface area (Å²) in [6.45, 7) is 1.75. The van der Waals surface area contributed by atoms with Crippen molar-refractivity contribution in [3.8, 4) is 0 Å². The maximum atomic E-state index is 13.3. The van der Waals surface area contributed by atoms with E-state index in [0.29, 0.717) is 44.9 Å². The molecule has 1 unspecified atom stereocenters. The zero-order valence-electron chi connectivity index (χ0n) is 16.4. The number of nitrogens with zero attached hydrogens (tertiary/aromatic N) is 2. The van der Waals surface area contributed by atoms with Gasteiger partial charge in [-0.25, -0.2) is 0 Å². The van der Waals surface area contributed by atoms with Crippen LogP contribution in [-0.2, 0) is 4.79 Å². The van der Waals surface area contributed by atoms with Crippen LogP contribution in [0.3, 0.4) is 0 Å². The molecule has 6 nitrogen and oxygen atoms in total. The minimum atomic E-state index is -0.555. The molecule has 2 N–H and O–H groups in total. The van der Waals surface area contributed by atoms with Crippen molar-refractivity contribution in [2.75, 3.05) is 23.3 Å². The van der Waals surface area contributed by atoms with E-state index in [2.05, 4.69) is 15.2 Å². The third-order valence-electron chi connectivity index (χ3n) is 6.17. The fraction of sp³-hybridized carbons (Fsp3) is 0.409. The molecule has 1 aromatic carbocycles. The lowest BCUT2D eigenvalue weighted by molar-refractivity contribution is -0.116. The molecule has 2 aromatic rings. The summed E-state index contributed by atoms with van der Waals surface area (Å²) in [4.78, 5) is 36.1. The van der Waals surface area contributed by atoms with E-state index in [9.17, 15) is 9.59 Å². The lowest BCUT2D eigenvalue weighted by Gasteiger charge is -2.34. The van der Waals surface area contributed by atoms with Gasteiger partial charge in [0.05, 0.1) is 5.56 Å². The number of fused-ring (bicyclic) bond motifs is 1. The fourth-order valence-electron chi connectivity index (χ4n) is 4.75. The number of H-pyrrole nitrogens is 1. The van der Waals surface area contributed by atoms with Crippen molar-refractivity contribution < 1.29 is 4.79 Å². The van der Waals surface area contributed by atoms with E-state index in [4.69, 9.17) is 28.2 Å². The summed E-state index contributed by atoms with van der Waals surface area (Å²) in [5.74, 6) is 0.590. The average Bonchev–Trinajstić information content (AvgIpc) is 2.73. The summed E-state index contributed by atoms with van der Waals surface area (Å²) in [7, 11) is 0. The summed E-state index contributed by atoms with van der Waals surface area (Å²) < 4.78 is 0. The molecule has 0 bridgehead atoms. The smallest absolute Gasteiger partial charge is 0.258 e. The maximum Gasteiger partial charge on any atom is 0.258 e. The molecule has 0 saturated carbocycles. The Morgan fingerprint density at radius 2 is 1.83 bits per heavy atom. The second kappa shape index (κ2) is 7.75. The predicted octanol–water partition coefficient (Wildman–Crippen LogP) is 4.63. The zero-order valence-corrected chi connectivity index (χ0v) is 17.9. The van der Waals surface area contributed by atoms with Crippen LogP contribution in [0.2, 0.25) is 10.0 Å². The Bertz CT molecular complexity index is 1120. The summed E-state index contributed by atoms with van der Waals surface area (Å²) in [5.41, 5.74) is 2.36. The first-order chi connectivity index (χ1) is 14.5. The number of Topliss-reactive ketones (excluding diaryl/α,β-unsaturated/α-hetero) is 1. The van der Waals surface area contributed by atoms with Crippen LogP contribution in [0.5, 0.6) is 0 Å². The summed E-state index contributed by atoms with van der Waals surface area (Å²) in [6, 6.07) is 5.19. The van der Waals surface area contributed by atoms with E-state index in [1.54, 1.807) is 18.2 Å². The van der Waals surface area contributed by atoms with Gasteiger partial charge >= 0.3 is 0 Å². The minimum absolute atomic E-state index is 0.0462. The van der Waals surface area contributed by atoms with Gasteiger partial charge in [0.1, 0.15) is 5.82 Å². The molecule has 1 aromatic heterocycles. The third kappa shape index (κ3) is 3.32. The van der Waals surface area contributed by atoms with Gasteiger partial charge < -0.3 is 10.2 Å². The number of aromatic amines is 1. The van der Waals surface area contributed by atoms with Crippen molar-refractivity contribution in [1.82, 2.24) is 9.97 Å². The van der Waals surface area contributed by atoms with Crippen molar-refractivity contribution in [3.63, 3.8) is 0 Å². The molecule has 1 saturated heterocycles. The Labute approximate surface area is 184 Å². The van der Waals surface area contributed by atoms with E-state index >= 15 is 0 Å². The standard InChI is InChI=1S/C22H22Cl2N4O2/c23-12-7-8-13(14(24)11-12)17-18-15(5-4-6-16(18)29)25-20-19(17)21(30)27-22(26-20)28-9-2-1-3-10-28/h7-8,11,17H,1-6,9-10H2,(H2,25,26,27,30). The number of hydrogen-bond donors (Lipinski definition) is 2. The van der Waals surface area contributed by atoms with Crippen molar-refractivity contribution in [2.24, 2.45) is 0 Å². The van der Waals surface area contributed by atoms with Gasteiger partial charge in [-0.3, -0.25) is 14.6 Å². The largest absolute Gasteiger partial charge is 0.343 e. The van der Waals surface area contributed by atoms with E-state index in [0.717, 1.165) is 44.5 Å². The predicted molar refractivity (Wildman–Crippen MR) is 119 cm³/mol. The van der Waals surface area contributed by atoms with Crippen LogP contribution in [0.1, 0.15) is 55.6 Å². The van der Waals surface area contributed by atoms with Crippen LogP contribution >= 0.6 is 23.2 Å². The second-order valence-electron chi connectivity index (χ2n) is 8.09. The summed E-state index contributed by atoms with van der Waals surface area (Å²) in [5, 5.41) is 4.26. The SMILES string of the molecule is O=C1CCCC2=C1C(c1ccc(Cl)cc1Cl)c1c(nc(N3CCCCC3)[nH]c1=O)N2. The molecule has 3 aliphatic rings. The number of ketones is 1. The highest BCUT2D eigenvalue weighted by atomic mass is 35.5. The lowest BCUT2D eigenvalue weighted by atomic mass is 9.76. The normalized spacial score (nSPS) is 21.2. The van der Waals surface area contributed by atoms with Crippen molar-refractivity contribution in [2.45, 2.75) is 44.4 Å². The van der Waals surface area contributed by atoms with Gasteiger partial charge in [-0.2, -0.15) is 4.98 Å². The molecule has 1 fully saturated rings. The highest BCUT2D eigenvalue weighted by Crippen LogP contribution is 2.45. The number of anilines is 2. The minimum Gasteiger partial charge on any atom is -0.343 e. The number of piperidine rings is 1. The van der Waals surface area contributed by atoms with Crippen molar-refractivity contribution in [3.05, 3.63) is 61.0 Å². The van der Waals surface area contributed by atoms with Crippen molar-refractivity contribution >= 4 is 40.8 Å². The van der Waals surface area contributed by atoms with Gasteiger partial charge in [-0.15, -0.1) is 0 Å². The number of benzene rings is 1.